The second kappa shape index (κ2) is 7.30. The van der Waals surface area contributed by atoms with E-state index in [-0.39, 0.29) is 0 Å². The first-order valence-electron chi connectivity index (χ1n) is 6.12. The van der Waals surface area contributed by atoms with Crippen LogP contribution < -0.4 is 10.1 Å². The predicted octanol–water partition coefficient (Wildman–Crippen LogP) is 2.77. The maximum absolute atomic E-state index is 5.48. The predicted molar refractivity (Wildman–Crippen MR) is 70.5 cm³/mol. The summed E-state index contributed by atoms with van der Waals surface area (Å²) in [7, 11) is 1.68. The molecule has 1 aromatic rings. The van der Waals surface area contributed by atoms with Crippen molar-refractivity contribution in [3.8, 4) is 5.75 Å². The van der Waals surface area contributed by atoms with Crippen LogP contribution in [0.5, 0.6) is 5.75 Å². The van der Waals surface area contributed by atoms with Gasteiger partial charge in [0.15, 0.2) is 0 Å². The summed E-state index contributed by atoms with van der Waals surface area (Å²) in [4.78, 5) is 0. The fraction of sp³-hybridized carbons (Fsp3) is 0.571. The molecular formula is C14H23NO2. The Morgan fingerprint density at radius 1 is 1.12 bits per heavy atom. The monoisotopic (exact) mass is 237 g/mol. The average molecular weight is 237 g/mol. The van der Waals surface area contributed by atoms with Crippen molar-refractivity contribution in [3.05, 3.63) is 29.8 Å². The molecule has 0 bridgehead atoms. The van der Waals surface area contributed by atoms with Crippen molar-refractivity contribution in [2.24, 2.45) is 0 Å². The zero-order valence-electron chi connectivity index (χ0n) is 11.2. The summed E-state index contributed by atoms with van der Waals surface area (Å²) in [5.41, 5.74) is 1.26. The quantitative estimate of drug-likeness (QED) is 0.740. The minimum atomic E-state index is 0.299. The van der Waals surface area contributed by atoms with Gasteiger partial charge in [0.25, 0.3) is 0 Å². The molecule has 1 N–H and O–H groups in total. The van der Waals surface area contributed by atoms with Crippen LogP contribution in [-0.4, -0.2) is 26.4 Å². The van der Waals surface area contributed by atoms with Crippen LogP contribution >= 0.6 is 0 Å². The van der Waals surface area contributed by atoms with Gasteiger partial charge >= 0.3 is 0 Å². The Morgan fingerprint density at radius 3 is 2.29 bits per heavy atom. The van der Waals surface area contributed by atoms with Gasteiger partial charge in [-0.3, -0.25) is 0 Å². The van der Waals surface area contributed by atoms with E-state index < -0.39 is 0 Å². The number of hydrogen-bond donors (Lipinski definition) is 1. The Bertz CT molecular complexity index is 309. The molecule has 0 heterocycles. The molecule has 0 amide bonds. The summed E-state index contributed by atoms with van der Waals surface area (Å²) in [5, 5.41) is 3.43. The second-order valence-corrected chi connectivity index (χ2v) is 4.37. The second-order valence-electron chi connectivity index (χ2n) is 4.37. The lowest BCUT2D eigenvalue weighted by Crippen LogP contribution is -2.24. The van der Waals surface area contributed by atoms with Crippen molar-refractivity contribution >= 4 is 0 Å². The molecule has 3 nitrogen and oxygen atoms in total. The van der Waals surface area contributed by atoms with Crippen LogP contribution in [0.1, 0.15) is 32.4 Å². The Labute approximate surface area is 104 Å². The van der Waals surface area contributed by atoms with Gasteiger partial charge in [-0.05, 0) is 38.5 Å². The molecule has 0 radical (unpaired) electrons. The van der Waals surface area contributed by atoms with Gasteiger partial charge in [0.1, 0.15) is 5.75 Å². The number of benzene rings is 1. The molecule has 0 saturated heterocycles. The van der Waals surface area contributed by atoms with Gasteiger partial charge in [0.05, 0.1) is 19.8 Å². The molecule has 96 valence electrons. The summed E-state index contributed by atoms with van der Waals surface area (Å²) >= 11 is 0. The summed E-state index contributed by atoms with van der Waals surface area (Å²) in [6.45, 7) is 7.86. The van der Waals surface area contributed by atoms with Gasteiger partial charge < -0.3 is 14.8 Å². The first-order chi connectivity index (χ1) is 8.13. The lowest BCUT2D eigenvalue weighted by Gasteiger charge is -2.15. The highest BCUT2D eigenvalue weighted by molar-refractivity contribution is 5.28. The van der Waals surface area contributed by atoms with Crippen molar-refractivity contribution in [1.29, 1.82) is 0 Å². The third-order valence-corrected chi connectivity index (χ3v) is 2.62. The molecular weight excluding hydrogens is 214 g/mol. The van der Waals surface area contributed by atoms with Crippen LogP contribution in [0.15, 0.2) is 24.3 Å². The molecule has 0 aromatic heterocycles. The standard InChI is InChI=1S/C14H23NO2/c1-11(2)17-10-9-15-12(3)13-5-7-14(16-4)8-6-13/h5-8,11-12,15H,9-10H2,1-4H3. The molecule has 0 aliphatic carbocycles. The normalized spacial score (nSPS) is 12.8. The van der Waals surface area contributed by atoms with E-state index in [1.807, 2.05) is 26.0 Å². The lowest BCUT2D eigenvalue weighted by atomic mass is 10.1. The average Bonchev–Trinajstić information content (AvgIpc) is 2.34. The van der Waals surface area contributed by atoms with E-state index >= 15 is 0 Å². The van der Waals surface area contributed by atoms with Crippen LogP contribution in [0.3, 0.4) is 0 Å². The Hall–Kier alpha value is -1.06. The summed E-state index contributed by atoms with van der Waals surface area (Å²) in [5.74, 6) is 0.893. The first kappa shape index (κ1) is 14.0. The number of ether oxygens (including phenoxy) is 2. The van der Waals surface area contributed by atoms with Gasteiger partial charge in [-0.25, -0.2) is 0 Å². The van der Waals surface area contributed by atoms with E-state index in [4.69, 9.17) is 9.47 Å². The molecule has 0 aliphatic rings. The van der Waals surface area contributed by atoms with Crippen molar-refractivity contribution in [3.63, 3.8) is 0 Å². The molecule has 0 aliphatic heterocycles. The fourth-order valence-electron chi connectivity index (χ4n) is 1.58. The highest BCUT2D eigenvalue weighted by Gasteiger charge is 2.04. The Kier molecular flexibility index (Phi) is 6.01. The van der Waals surface area contributed by atoms with E-state index in [2.05, 4.69) is 24.4 Å². The first-order valence-corrected chi connectivity index (χ1v) is 6.12. The third kappa shape index (κ3) is 5.20. The van der Waals surface area contributed by atoms with Crippen molar-refractivity contribution in [2.75, 3.05) is 20.3 Å². The molecule has 1 rings (SSSR count). The van der Waals surface area contributed by atoms with Crippen LogP contribution in [0, 0.1) is 0 Å². The van der Waals surface area contributed by atoms with E-state index in [1.54, 1.807) is 7.11 Å². The van der Waals surface area contributed by atoms with Gasteiger partial charge in [0, 0.05) is 12.6 Å². The number of methoxy groups -OCH3 is 1. The topological polar surface area (TPSA) is 30.5 Å². The van der Waals surface area contributed by atoms with Gasteiger partial charge in [-0.15, -0.1) is 0 Å². The number of hydrogen-bond acceptors (Lipinski definition) is 3. The van der Waals surface area contributed by atoms with E-state index in [1.165, 1.54) is 5.56 Å². The maximum atomic E-state index is 5.48. The maximum Gasteiger partial charge on any atom is 0.118 e. The molecule has 17 heavy (non-hydrogen) atoms. The third-order valence-electron chi connectivity index (χ3n) is 2.62. The van der Waals surface area contributed by atoms with Crippen molar-refractivity contribution < 1.29 is 9.47 Å². The Morgan fingerprint density at radius 2 is 1.76 bits per heavy atom. The summed E-state index contributed by atoms with van der Waals surface area (Å²) in [6, 6.07) is 8.47. The van der Waals surface area contributed by atoms with E-state index in [0.717, 1.165) is 18.9 Å². The minimum Gasteiger partial charge on any atom is -0.497 e. The Balaban J connectivity index is 2.33. The van der Waals surface area contributed by atoms with E-state index in [0.29, 0.717) is 12.1 Å². The molecule has 3 heteroatoms. The van der Waals surface area contributed by atoms with Crippen molar-refractivity contribution in [2.45, 2.75) is 32.9 Å². The van der Waals surface area contributed by atoms with Crippen LogP contribution in [0.25, 0.3) is 0 Å². The lowest BCUT2D eigenvalue weighted by molar-refractivity contribution is 0.0796. The van der Waals surface area contributed by atoms with Crippen LogP contribution in [-0.2, 0) is 4.74 Å². The fourth-order valence-corrected chi connectivity index (χ4v) is 1.58. The molecule has 1 unspecified atom stereocenters. The van der Waals surface area contributed by atoms with E-state index in [9.17, 15) is 0 Å². The molecule has 0 spiro atoms. The highest BCUT2D eigenvalue weighted by atomic mass is 16.5. The zero-order chi connectivity index (χ0) is 12.7. The van der Waals surface area contributed by atoms with Gasteiger partial charge in [-0.1, -0.05) is 12.1 Å². The number of nitrogens with one attached hydrogen (secondary N) is 1. The smallest absolute Gasteiger partial charge is 0.118 e. The SMILES string of the molecule is COc1ccc(C(C)NCCOC(C)C)cc1. The summed E-state index contributed by atoms with van der Waals surface area (Å²) in [6.07, 6.45) is 0.299. The number of rotatable bonds is 7. The molecule has 0 saturated carbocycles. The summed E-state index contributed by atoms with van der Waals surface area (Å²) < 4.78 is 10.6. The highest BCUT2D eigenvalue weighted by Crippen LogP contribution is 2.16. The molecule has 1 aromatic carbocycles. The molecule has 0 fully saturated rings. The van der Waals surface area contributed by atoms with Gasteiger partial charge in [0.2, 0.25) is 0 Å². The van der Waals surface area contributed by atoms with Crippen LogP contribution in [0.4, 0.5) is 0 Å². The minimum absolute atomic E-state index is 0.299. The largest absolute Gasteiger partial charge is 0.497 e. The van der Waals surface area contributed by atoms with Crippen molar-refractivity contribution in [1.82, 2.24) is 5.32 Å². The van der Waals surface area contributed by atoms with Crippen LogP contribution in [0.2, 0.25) is 0 Å². The zero-order valence-corrected chi connectivity index (χ0v) is 11.2. The van der Waals surface area contributed by atoms with Gasteiger partial charge in [-0.2, -0.15) is 0 Å². The molecule has 1 atom stereocenters.